The molecule has 1 rings (SSSR count). The summed E-state index contributed by atoms with van der Waals surface area (Å²) in [5, 5.41) is 3.97. The quantitative estimate of drug-likeness (QED) is 0.525. The molecule has 44 valence electrons. The number of aromatic nitrogens is 3. The molecule has 0 fully saturated rings. The predicted octanol–water partition coefficient (Wildman–Crippen LogP) is 0.786. The molecule has 3 nitrogen and oxygen atoms in total. The molecular weight excluding hydrogens is 122 g/mol. The molecule has 1 aromatic rings. The van der Waals surface area contributed by atoms with Crippen LogP contribution >= 0.6 is 12.2 Å². The van der Waals surface area contributed by atoms with Gasteiger partial charge in [-0.2, -0.15) is 5.10 Å². The van der Waals surface area contributed by atoms with Gasteiger partial charge in [0.05, 0.1) is 0 Å². The molecule has 0 atom stereocenters. The van der Waals surface area contributed by atoms with Gasteiger partial charge in [0.15, 0.2) is 4.77 Å². The minimum atomic E-state index is 0.669. The van der Waals surface area contributed by atoms with Crippen LogP contribution in [0.5, 0.6) is 0 Å². The van der Waals surface area contributed by atoms with Gasteiger partial charge in [0.1, 0.15) is 5.82 Å². The Kier molecular flexibility index (Phi) is 1.17. The normalized spacial score (nSPS) is 9.75. The standard InChI is InChI=1S/C4H7N3S/c1-3-5-4(8)7(2)6-3/h1-2H3,(H,5,6,8). The molecule has 0 saturated carbocycles. The highest BCUT2D eigenvalue weighted by atomic mass is 32.1. The topological polar surface area (TPSA) is 33.6 Å². The number of nitrogens with one attached hydrogen (secondary N) is 1. The molecule has 0 saturated heterocycles. The van der Waals surface area contributed by atoms with Crippen LogP contribution in [0.15, 0.2) is 0 Å². The lowest BCUT2D eigenvalue weighted by atomic mass is 10.8. The average molecular weight is 129 g/mol. The van der Waals surface area contributed by atoms with Crippen LogP contribution in [-0.2, 0) is 7.05 Å². The summed E-state index contributed by atoms with van der Waals surface area (Å²) in [5.41, 5.74) is 0. The van der Waals surface area contributed by atoms with Crippen molar-refractivity contribution in [2.45, 2.75) is 6.92 Å². The van der Waals surface area contributed by atoms with Crippen molar-refractivity contribution < 1.29 is 0 Å². The zero-order valence-electron chi connectivity index (χ0n) is 4.80. The summed E-state index contributed by atoms with van der Waals surface area (Å²) < 4.78 is 2.30. The van der Waals surface area contributed by atoms with E-state index in [-0.39, 0.29) is 0 Å². The van der Waals surface area contributed by atoms with Crippen molar-refractivity contribution in [1.29, 1.82) is 0 Å². The summed E-state index contributed by atoms with van der Waals surface area (Å²) in [6.07, 6.45) is 0. The second-order valence-electron chi connectivity index (χ2n) is 1.64. The maximum atomic E-state index is 4.82. The highest BCUT2D eigenvalue weighted by molar-refractivity contribution is 7.71. The lowest BCUT2D eigenvalue weighted by Crippen LogP contribution is -1.88. The number of aryl methyl sites for hydroxylation is 2. The minimum Gasteiger partial charge on any atom is -0.318 e. The Balaban J connectivity index is 3.35. The van der Waals surface area contributed by atoms with Gasteiger partial charge in [0.2, 0.25) is 0 Å². The van der Waals surface area contributed by atoms with Crippen LogP contribution in [0.4, 0.5) is 0 Å². The van der Waals surface area contributed by atoms with Crippen LogP contribution in [-0.4, -0.2) is 14.8 Å². The van der Waals surface area contributed by atoms with Crippen molar-refractivity contribution in [3.8, 4) is 0 Å². The van der Waals surface area contributed by atoms with E-state index in [1.54, 1.807) is 4.68 Å². The van der Waals surface area contributed by atoms with E-state index in [9.17, 15) is 0 Å². The van der Waals surface area contributed by atoms with Crippen LogP contribution in [0.1, 0.15) is 5.82 Å². The van der Waals surface area contributed by atoms with Gasteiger partial charge in [-0.15, -0.1) is 0 Å². The highest BCUT2D eigenvalue weighted by Crippen LogP contribution is 1.85. The van der Waals surface area contributed by atoms with Gasteiger partial charge in [-0.1, -0.05) is 0 Å². The van der Waals surface area contributed by atoms with Crippen LogP contribution in [0.2, 0.25) is 0 Å². The lowest BCUT2D eigenvalue weighted by Gasteiger charge is -1.78. The van der Waals surface area contributed by atoms with E-state index in [0.717, 1.165) is 5.82 Å². The van der Waals surface area contributed by atoms with Crippen molar-refractivity contribution >= 4 is 12.2 Å². The Morgan fingerprint density at radius 1 is 1.75 bits per heavy atom. The van der Waals surface area contributed by atoms with E-state index in [1.165, 1.54) is 0 Å². The van der Waals surface area contributed by atoms with Crippen molar-refractivity contribution in [3.63, 3.8) is 0 Å². The number of nitrogens with zero attached hydrogens (tertiary/aromatic N) is 2. The Morgan fingerprint density at radius 3 is 2.50 bits per heavy atom. The van der Waals surface area contributed by atoms with Crippen molar-refractivity contribution in [1.82, 2.24) is 14.8 Å². The zero-order chi connectivity index (χ0) is 6.15. The average Bonchev–Trinajstić information content (AvgIpc) is 1.85. The summed E-state index contributed by atoms with van der Waals surface area (Å²) in [6, 6.07) is 0. The van der Waals surface area contributed by atoms with E-state index in [2.05, 4.69) is 10.1 Å². The molecule has 0 aromatic carbocycles. The van der Waals surface area contributed by atoms with E-state index < -0.39 is 0 Å². The van der Waals surface area contributed by atoms with Crippen molar-refractivity contribution in [2.24, 2.45) is 7.05 Å². The molecule has 0 radical (unpaired) electrons. The third-order valence-corrected chi connectivity index (χ3v) is 1.25. The maximum Gasteiger partial charge on any atom is 0.194 e. The van der Waals surface area contributed by atoms with Crippen molar-refractivity contribution in [3.05, 3.63) is 10.6 Å². The molecule has 0 spiro atoms. The van der Waals surface area contributed by atoms with Gasteiger partial charge in [0.25, 0.3) is 0 Å². The number of rotatable bonds is 0. The second-order valence-corrected chi connectivity index (χ2v) is 2.03. The predicted molar refractivity (Wildman–Crippen MR) is 33.1 cm³/mol. The molecule has 0 aliphatic rings. The van der Waals surface area contributed by atoms with Crippen molar-refractivity contribution in [2.75, 3.05) is 0 Å². The molecule has 1 aromatic heterocycles. The van der Waals surface area contributed by atoms with E-state index in [4.69, 9.17) is 12.2 Å². The smallest absolute Gasteiger partial charge is 0.194 e. The van der Waals surface area contributed by atoms with Crippen LogP contribution < -0.4 is 0 Å². The first-order valence-corrected chi connectivity index (χ1v) is 2.71. The Hall–Kier alpha value is -0.640. The molecule has 0 amide bonds. The van der Waals surface area contributed by atoms with Gasteiger partial charge in [-0.05, 0) is 19.1 Å². The van der Waals surface area contributed by atoms with E-state index >= 15 is 0 Å². The SMILES string of the molecule is Cc1nn(C)c(=S)[nH]1. The summed E-state index contributed by atoms with van der Waals surface area (Å²) in [6.45, 7) is 1.87. The fourth-order valence-corrected chi connectivity index (χ4v) is 0.720. The summed E-state index contributed by atoms with van der Waals surface area (Å²) in [7, 11) is 1.81. The molecule has 4 heteroatoms. The number of hydrogen-bond donors (Lipinski definition) is 1. The van der Waals surface area contributed by atoms with E-state index in [0.29, 0.717) is 4.77 Å². The minimum absolute atomic E-state index is 0.669. The lowest BCUT2D eigenvalue weighted by molar-refractivity contribution is 0.745. The zero-order valence-corrected chi connectivity index (χ0v) is 5.62. The number of hydrogen-bond acceptors (Lipinski definition) is 2. The molecular formula is C4H7N3S. The van der Waals surface area contributed by atoms with Gasteiger partial charge in [-0.3, -0.25) is 0 Å². The Bertz CT molecular complexity index is 234. The van der Waals surface area contributed by atoms with E-state index in [1.807, 2.05) is 14.0 Å². The first-order chi connectivity index (χ1) is 3.70. The van der Waals surface area contributed by atoms with Crippen LogP contribution in [0.25, 0.3) is 0 Å². The highest BCUT2D eigenvalue weighted by Gasteiger charge is 1.87. The molecule has 0 aliphatic carbocycles. The third-order valence-electron chi connectivity index (χ3n) is 0.882. The van der Waals surface area contributed by atoms with Gasteiger partial charge >= 0.3 is 0 Å². The number of H-pyrrole nitrogens is 1. The third kappa shape index (κ3) is 0.790. The Labute approximate surface area is 52.3 Å². The fourth-order valence-electron chi connectivity index (χ4n) is 0.531. The summed E-state index contributed by atoms with van der Waals surface area (Å²) in [5.74, 6) is 0.859. The second kappa shape index (κ2) is 1.70. The fraction of sp³-hybridized carbons (Fsp3) is 0.500. The monoisotopic (exact) mass is 129 g/mol. The molecule has 8 heavy (non-hydrogen) atoms. The number of aromatic amines is 1. The van der Waals surface area contributed by atoms with Crippen LogP contribution in [0.3, 0.4) is 0 Å². The molecule has 0 bridgehead atoms. The Morgan fingerprint density at radius 2 is 2.38 bits per heavy atom. The summed E-state index contributed by atoms with van der Waals surface area (Å²) >= 11 is 4.82. The first kappa shape index (κ1) is 5.50. The molecule has 1 N–H and O–H groups in total. The maximum absolute atomic E-state index is 4.82. The van der Waals surface area contributed by atoms with Crippen LogP contribution in [0, 0.1) is 11.7 Å². The summed E-state index contributed by atoms with van der Waals surface area (Å²) in [4.78, 5) is 2.87. The first-order valence-electron chi connectivity index (χ1n) is 2.30. The van der Waals surface area contributed by atoms with Gasteiger partial charge in [0, 0.05) is 7.05 Å². The van der Waals surface area contributed by atoms with Gasteiger partial charge in [-0.25, -0.2) is 4.68 Å². The molecule has 0 unspecified atom stereocenters. The molecule has 1 heterocycles. The molecule has 0 aliphatic heterocycles. The largest absolute Gasteiger partial charge is 0.318 e. The van der Waals surface area contributed by atoms with Gasteiger partial charge < -0.3 is 4.98 Å².